The maximum atomic E-state index is 11.5. The first-order chi connectivity index (χ1) is 7.32. The summed E-state index contributed by atoms with van der Waals surface area (Å²) in [4.78, 5) is 23.0. The third-order valence-corrected chi connectivity index (χ3v) is 3.05. The Labute approximate surface area is 94.5 Å². The van der Waals surface area contributed by atoms with Gasteiger partial charge in [0.05, 0.1) is 0 Å². The van der Waals surface area contributed by atoms with Gasteiger partial charge >= 0.3 is 5.97 Å². The van der Waals surface area contributed by atoms with Crippen LogP contribution >= 0.6 is 0 Å². The molecule has 0 aliphatic heterocycles. The molecule has 0 aliphatic rings. The van der Waals surface area contributed by atoms with Crippen molar-refractivity contribution in [3.63, 3.8) is 0 Å². The lowest BCUT2D eigenvalue weighted by Crippen LogP contribution is -2.41. The monoisotopic (exact) mass is 252 g/mol. The number of sulfonamides is 1. The molecule has 0 aromatic heterocycles. The van der Waals surface area contributed by atoms with E-state index in [1.807, 2.05) is 4.72 Å². The summed E-state index contributed by atoms with van der Waals surface area (Å²) in [6, 6.07) is 0. The van der Waals surface area contributed by atoms with E-state index < -0.39 is 34.2 Å². The van der Waals surface area contributed by atoms with Crippen LogP contribution in [0, 0.1) is 0 Å². The van der Waals surface area contributed by atoms with Crippen molar-refractivity contribution >= 4 is 21.9 Å². The first-order valence-corrected chi connectivity index (χ1v) is 6.38. The average molecular weight is 252 g/mol. The van der Waals surface area contributed by atoms with Gasteiger partial charge in [-0.15, -0.1) is 0 Å². The van der Waals surface area contributed by atoms with Gasteiger partial charge in [0.25, 0.3) is 0 Å². The lowest BCUT2D eigenvalue weighted by atomic mass is 10.4. The molecule has 0 spiro atoms. The Bertz CT molecular complexity index is 351. The molecule has 0 aliphatic carbocycles. The third kappa shape index (κ3) is 5.66. The molecule has 0 rings (SSSR count). The zero-order valence-electron chi connectivity index (χ0n) is 9.26. The highest BCUT2D eigenvalue weighted by molar-refractivity contribution is 7.90. The predicted molar refractivity (Wildman–Crippen MR) is 57.4 cm³/mol. The minimum atomic E-state index is -3.65. The van der Waals surface area contributed by atoms with Gasteiger partial charge in [-0.05, 0) is 13.5 Å². The van der Waals surface area contributed by atoms with Crippen LogP contribution in [0.1, 0.15) is 13.3 Å². The minimum Gasteiger partial charge on any atom is -0.480 e. The summed E-state index contributed by atoms with van der Waals surface area (Å²) in [7, 11) is -2.45. The van der Waals surface area contributed by atoms with Gasteiger partial charge in [-0.1, -0.05) is 6.92 Å². The highest BCUT2D eigenvalue weighted by atomic mass is 32.2. The smallest absolute Gasteiger partial charge is 0.323 e. The zero-order valence-corrected chi connectivity index (χ0v) is 10.1. The van der Waals surface area contributed by atoms with E-state index >= 15 is 0 Å². The Morgan fingerprint density at radius 2 is 1.94 bits per heavy atom. The van der Waals surface area contributed by atoms with E-state index in [4.69, 9.17) is 5.11 Å². The number of amides is 1. The molecule has 0 saturated heterocycles. The summed E-state index contributed by atoms with van der Waals surface area (Å²) in [6.45, 7) is 1.52. The van der Waals surface area contributed by atoms with E-state index in [1.54, 1.807) is 6.92 Å². The van der Waals surface area contributed by atoms with E-state index in [1.165, 1.54) is 7.05 Å². The van der Waals surface area contributed by atoms with Crippen LogP contribution in [0.5, 0.6) is 0 Å². The number of carboxylic acid groups (broad SMARTS) is 1. The number of hydrogen-bond donors (Lipinski definition) is 2. The molecular weight excluding hydrogens is 236 g/mol. The van der Waals surface area contributed by atoms with Gasteiger partial charge in [-0.2, -0.15) is 0 Å². The van der Waals surface area contributed by atoms with Crippen molar-refractivity contribution in [2.75, 3.05) is 25.9 Å². The first kappa shape index (κ1) is 14.8. The maximum absolute atomic E-state index is 11.5. The number of rotatable bonds is 7. The van der Waals surface area contributed by atoms with Gasteiger partial charge in [0.1, 0.15) is 12.3 Å². The number of nitrogens with zero attached hydrogens (tertiary/aromatic N) is 1. The van der Waals surface area contributed by atoms with Gasteiger partial charge in [0.15, 0.2) is 0 Å². The summed E-state index contributed by atoms with van der Waals surface area (Å²) in [5.74, 6) is -2.60. The second kappa shape index (κ2) is 6.44. The normalized spacial score (nSPS) is 11.1. The third-order valence-electron chi connectivity index (χ3n) is 1.80. The highest BCUT2D eigenvalue weighted by Crippen LogP contribution is 1.96. The zero-order chi connectivity index (χ0) is 12.8. The molecule has 0 aromatic rings. The fourth-order valence-electron chi connectivity index (χ4n) is 1.05. The van der Waals surface area contributed by atoms with Crippen LogP contribution in [-0.2, 0) is 19.6 Å². The molecule has 0 unspecified atom stereocenters. The average Bonchev–Trinajstić information content (AvgIpc) is 2.16. The summed E-state index contributed by atoms with van der Waals surface area (Å²) >= 11 is 0. The van der Waals surface area contributed by atoms with Crippen LogP contribution < -0.4 is 4.72 Å². The molecule has 1 amide bonds. The fourth-order valence-corrected chi connectivity index (χ4v) is 1.70. The van der Waals surface area contributed by atoms with E-state index in [0.29, 0.717) is 6.42 Å². The fraction of sp³-hybridized carbons (Fsp3) is 0.750. The predicted octanol–water partition coefficient (Wildman–Crippen LogP) is -1.14. The van der Waals surface area contributed by atoms with Crippen LogP contribution in [0.2, 0.25) is 0 Å². The highest BCUT2D eigenvalue weighted by Gasteiger charge is 2.21. The minimum absolute atomic E-state index is 0.227. The van der Waals surface area contributed by atoms with Crippen molar-refractivity contribution < 1.29 is 23.1 Å². The van der Waals surface area contributed by atoms with Crippen molar-refractivity contribution in [3.8, 4) is 0 Å². The molecule has 0 fully saturated rings. The van der Waals surface area contributed by atoms with Crippen molar-refractivity contribution in [3.05, 3.63) is 0 Å². The standard InChI is InChI=1S/C8H16N2O5S/c1-3-4-10(5-8(12)13)7(11)6-16(14,15)9-2/h9H,3-6H2,1-2H3,(H,12,13). The van der Waals surface area contributed by atoms with Crippen LogP contribution in [0.15, 0.2) is 0 Å². The van der Waals surface area contributed by atoms with Crippen LogP contribution in [0.25, 0.3) is 0 Å². The number of carboxylic acids is 1. The molecule has 0 atom stereocenters. The van der Waals surface area contributed by atoms with Crippen molar-refractivity contribution in [1.29, 1.82) is 0 Å². The van der Waals surface area contributed by atoms with Gasteiger partial charge in [-0.25, -0.2) is 13.1 Å². The van der Waals surface area contributed by atoms with Gasteiger partial charge < -0.3 is 10.0 Å². The molecule has 0 bridgehead atoms. The lowest BCUT2D eigenvalue weighted by Gasteiger charge is -2.19. The molecular formula is C8H16N2O5S. The first-order valence-electron chi connectivity index (χ1n) is 4.73. The molecule has 0 radical (unpaired) electrons. The van der Waals surface area contributed by atoms with E-state index in [0.717, 1.165) is 4.90 Å². The van der Waals surface area contributed by atoms with Gasteiger partial charge in [-0.3, -0.25) is 9.59 Å². The topological polar surface area (TPSA) is 104 Å². The van der Waals surface area contributed by atoms with E-state index in [-0.39, 0.29) is 6.54 Å². The van der Waals surface area contributed by atoms with Crippen LogP contribution in [-0.4, -0.2) is 56.2 Å². The van der Waals surface area contributed by atoms with Crippen molar-refractivity contribution in [1.82, 2.24) is 9.62 Å². The number of aliphatic carboxylic acids is 1. The van der Waals surface area contributed by atoms with Crippen molar-refractivity contribution in [2.45, 2.75) is 13.3 Å². The van der Waals surface area contributed by atoms with Crippen LogP contribution in [0.3, 0.4) is 0 Å². The molecule has 0 aromatic carbocycles. The molecule has 0 saturated carbocycles. The number of nitrogens with one attached hydrogen (secondary N) is 1. The number of carbonyl (C=O) groups is 2. The SMILES string of the molecule is CCCN(CC(=O)O)C(=O)CS(=O)(=O)NC. The molecule has 16 heavy (non-hydrogen) atoms. The number of carbonyl (C=O) groups excluding carboxylic acids is 1. The summed E-state index contributed by atoms with van der Waals surface area (Å²) in [6.07, 6.45) is 0.568. The number of hydrogen-bond acceptors (Lipinski definition) is 4. The van der Waals surface area contributed by atoms with E-state index in [2.05, 4.69) is 0 Å². The van der Waals surface area contributed by atoms with E-state index in [9.17, 15) is 18.0 Å². The quantitative estimate of drug-likeness (QED) is 0.596. The second-order valence-electron chi connectivity index (χ2n) is 3.17. The molecule has 8 heteroatoms. The molecule has 0 heterocycles. The molecule has 7 nitrogen and oxygen atoms in total. The maximum Gasteiger partial charge on any atom is 0.323 e. The van der Waals surface area contributed by atoms with Crippen LogP contribution in [0.4, 0.5) is 0 Å². The molecule has 94 valence electrons. The van der Waals surface area contributed by atoms with Gasteiger partial charge in [0, 0.05) is 6.54 Å². The Morgan fingerprint density at radius 1 is 1.38 bits per heavy atom. The van der Waals surface area contributed by atoms with Gasteiger partial charge in [0.2, 0.25) is 15.9 Å². The lowest BCUT2D eigenvalue weighted by molar-refractivity contribution is -0.143. The van der Waals surface area contributed by atoms with Crippen molar-refractivity contribution in [2.24, 2.45) is 0 Å². The largest absolute Gasteiger partial charge is 0.480 e. The Balaban J connectivity index is 4.56. The summed E-state index contributed by atoms with van der Waals surface area (Å²) < 4.78 is 24.2. The summed E-state index contributed by atoms with van der Waals surface area (Å²) in [5, 5.41) is 8.56. The summed E-state index contributed by atoms with van der Waals surface area (Å²) in [5.41, 5.74) is 0. The second-order valence-corrected chi connectivity index (χ2v) is 5.10. The Hall–Kier alpha value is -1.15. The molecule has 2 N–H and O–H groups in total. The Kier molecular flexibility index (Phi) is 5.97. The Morgan fingerprint density at radius 3 is 2.31 bits per heavy atom.